The Morgan fingerprint density at radius 2 is 2.12 bits per heavy atom. The van der Waals surface area contributed by atoms with Crippen molar-refractivity contribution in [3.05, 3.63) is 28.8 Å². The quantitative estimate of drug-likeness (QED) is 0.874. The topological polar surface area (TPSA) is 61.3 Å². The van der Waals surface area contributed by atoms with E-state index in [2.05, 4.69) is 5.16 Å². The molecule has 0 aliphatic carbocycles. The van der Waals surface area contributed by atoms with Crippen molar-refractivity contribution in [1.29, 1.82) is 0 Å². The molecule has 0 aliphatic rings. The fourth-order valence-corrected chi connectivity index (χ4v) is 1.60. The summed E-state index contributed by atoms with van der Waals surface area (Å²) >= 11 is 6.05. The fourth-order valence-electron chi connectivity index (χ4n) is 1.43. The Hall–Kier alpha value is -1.68. The maximum absolute atomic E-state index is 6.05. The SMILES string of the molecule is COc1cc(C)c(Cl)cc1-c1cc(N)no1. The molecule has 2 aromatic rings. The average Bonchev–Trinajstić information content (AvgIpc) is 2.68. The van der Waals surface area contributed by atoms with Crippen LogP contribution in [0.25, 0.3) is 11.3 Å². The summed E-state index contributed by atoms with van der Waals surface area (Å²) in [7, 11) is 1.59. The molecule has 0 bridgehead atoms. The number of nitrogens with zero attached hydrogens (tertiary/aromatic N) is 1. The van der Waals surface area contributed by atoms with Gasteiger partial charge in [0.25, 0.3) is 0 Å². The Kier molecular flexibility index (Phi) is 2.75. The molecule has 1 aromatic carbocycles. The minimum atomic E-state index is 0.328. The van der Waals surface area contributed by atoms with Crippen molar-refractivity contribution >= 4 is 17.4 Å². The van der Waals surface area contributed by atoms with E-state index in [0.717, 1.165) is 11.1 Å². The van der Waals surface area contributed by atoms with Gasteiger partial charge >= 0.3 is 0 Å². The zero-order valence-electron chi connectivity index (χ0n) is 8.95. The predicted molar refractivity (Wildman–Crippen MR) is 62.7 cm³/mol. The normalized spacial score (nSPS) is 10.4. The number of hydrogen-bond acceptors (Lipinski definition) is 4. The van der Waals surface area contributed by atoms with Gasteiger partial charge in [-0.15, -0.1) is 0 Å². The first-order valence-corrected chi connectivity index (χ1v) is 5.06. The van der Waals surface area contributed by atoms with Gasteiger partial charge in [0.05, 0.1) is 12.7 Å². The summed E-state index contributed by atoms with van der Waals surface area (Å²) in [6, 6.07) is 5.25. The van der Waals surface area contributed by atoms with Crippen LogP contribution in [0.2, 0.25) is 5.02 Å². The van der Waals surface area contributed by atoms with Crippen LogP contribution in [0, 0.1) is 6.92 Å². The molecule has 2 rings (SSSR count). The molecule has 0 amide bonds. The number of rotatable bonds is 2. The van der Waals surface area contributed by atoms with Crippen LogP contribution in [0.1, 0.15) is 5.56 Å². The molecule has 0 saturated carbocycles. The lowest BCUT2D eigenvalue weighted by molar-refractivity contribution is 0.406. The monoisotopic (exact) mass is 238 g/mol. The molecule has 16 heavy (non-hydrogen) atoms. The number of methoxy groups -OCH3 is 1. The summed E-state index contributed by atoms with van der Waals surface area (Å²) in [6.07, 6.45) is 0. The smallest absolute Gasteiger partial charge is 0.172 e. The number of aromatic nitrogens is 1. The number of benzene rings is 1. The van der Waals surface area contributed by atoms with Gasteiger partial charge < -0.3 is 15.0 Å². The zero-order chi connectivity index (χ0) is 11.7. The summed E-state index contributed by atoms with van der Waals surface area (Å²) in [5.74, 6) is 1.54. The van der Waals surface area contributed by atoms with E-state index in [1.54, 1.807) is 19.2 Å². The standard InChI is InChI=1S/C11H11ClN2O2/c1-6-3-9(15-2)7(4-8(6)12)10-5-11(13)14-16-10/h3-5H,1-2H3,(H2,13,14). The molecule has 84 valence electrons. The van der Waals surface area contributed by atoms with Crippen LogP contribution in [0.15, 0.2) is 22.7 Å². The van der Waals surface area contributed by atoms with Gasteiger partial charge in [-0.2, -0.15) is 0 Å². The molecule has 0 aliphatic heterocycles. The Labute approximate surface area is 97.9 Å². The highest BCUT2D eigenvalue weighted by Gasteiger charge is 2.13. The highest BCUT2D eigenvalue weighted by molar-refractivity contribution is 6.31. The maximum Gasteiger partial charge on any atom is 0.172 e. The van der Waals surface area contributed by atoms with Gasteiger partial charge in [0.2, 0.25) is 0 Å². The average molecular weight is 239 g/mol. The van der Waals surface area contributed by atoms with Gasteiger partial charge in [0.15, 0.2) is 11.6 Å². The third-order valence-electron chi connectivity index (χ3n) is 2.27. The molecule has 0 radical (unpaired) electrons. The Bertz CT molecular complexity index is 523. The van der Waals surface area contributed by atoms with Crippen LogP contribution < -0.4 is 10.5 Å². The molecule has 5 heteroatoms. The number of nitrogens with two attached hydrogens (primary N) is 1. The molecule has 2 N–H and O–H groups in total. The number of halogens is 1. The van der Waals surface area contributed by atoms with Crippen molar-refractivity contribution in [1.82, 2.24) is 5.16 Å². The van der Waals surface area contributed by atoms with Gasteiger partial charge in [0, 0.05) is 11.1 Å². The van der Waals surface area contributed by atoms with Gasteiger partial charge in [-0.05, 0) is 24.6 Å². The molecule has 0 atom stereocenters. The Balaban J connectivity index is 2.59. The molecular weight excluding hydrogens is 228 g/mol. The third-order valence-corrected chi connectivity index (χ3v) is 2.68. The zero-order valence-corrected chi connectivity index (χ0v) is 9.71. The summed E-state index contributed by atoms with van der Waals surface area (Å²) in [5, 5.41) is 4.27. The van der Waals surface area contributed by atoms with E-state index < -0.39 is 0 Å². The van der Waals surface area contributed by atoms with Crippen LogP contribution in [-0.4, -0.2) is 12.3 Å². The summed E-state index contributed by atoms with van der Waals surface area (Å²) in [5.41, 5.74) is 7.17. The van der Waals surface area contributed by atoms with Crippen molar-refractivity contribution < 1.29 is 9.26 Å². The second kappa shape index (κ2) is 4.06. The number of hydrogen-bond donors (Lipinski definition) is 1. The molecule has 0 fully saturated rings. The molecule has 4 nitrogen and oxygen atoms in total. The lowest BCUT2D eigenvalue weighted by atomic mass is 10.1. The number of aryl methyl sites for hydroxylation is 1. The Morgan fingerprint density at radius 1 is 1.38 bits per heavy atom. The minimum absolute atomic E-state index is 0.328. The van der Waals surface area contributed by atoms with E-state index in [1.165, 1.54) is 0 Å². The second-order valence-electron chi connectivity index (χ2n) is 3.42. The van der Waals surface area contributed by atoms with Gasteiger partial charge in [-0.1, -0.05) is 16.8 Å². The van der Waals surface area contributed by atoms with Gasteiger partial charge in [-0.3, -0.25) is 0 Å². The van der Waals surface area contributed by atoms with E-state index in [0.29, 0.717) is 22.4 Å². The van der Waals surface area contributed by atoms with Crippen molar-refractivity contribution in [2.45, 2.75) is 6.92 Å². The largest absolute Gasteiger partial charge is 0.496 e. The van der Waals surface area contributed by atoms with Crippen LogP contribution in [-0.2, 0) is 0 Å². The lowest BCUT2D eigenvalue weighted by Gasteiger charge is -2.08. The number of nitrogen functional groups attached to an aromatic ring is 1. The van der Waals surface area contributed by atoms with E-state index in [9.17, 15) is 0 Å². The lowest BCUT2D eigenvalue weighted by Crippen LogP contribution is -1.89. The van der Waals surface area contributed by atoms with Crippen molar-refractivity contribution in [2.24, 2.45) is 0 Å². The maximum atomic E-state index is 6.05. The molecule has 1 aromatic heterocycles. The second-order valence-corrected chi connectivity index (χ2v) is 3.82. The first kappa shape index (κ1) is 10.8. The molecule has 0 saturated heterocycles. The van der Waals surface area contributed by atoms with E-state index in [-0.39, 0.29) is 0 Å². The first-order valence-electron chi connectivity index (χ1n) is 4.68. The van der Waals surface area contributed by atoms with Crippen LogP contribution >= 0.6 is 11.6 Å². The van der Waals surface area contributed by atoms with Gasteiger partial charge in [0.1, 0.15) is 5.75 Å². The molecule has 0 unspecified atom stereocenters. The molecular formula is C11H11ClN2O2. The molecule has 0 spiro atoms. The van der Waals surface area contributed by atoms with E-state index in [4.69, 9.17) is 26.6 Å². The van der Waals surface area contributed by atoms with Crippen molar-refractivity contribution in [2.75, 3.05) is 12.8 Å². The van der Waals surface area contributed by atoms with Crippen molar-refractivity contribution in [3.63, 3.8) is 0 Å². The van der Waals surface area contributed by atoms with Crippen molar-refractivity contribution in [3.8, 4) is 17.1 Å². The first-order chi connectivity index (χ1) is 7.61. The van der Waals surface area contributed by atoms with Crippen LogP contribution in [0.3, 0.4) is 0 Å². The summed E-state index contributed by atoms with van der Waals surface area (Å²) < 4.78 is 10.3. The Morgan fingerprint density at radius 3 is 2.69 bits per heavy atom. The minimum Gasteiger partial charge on any atom is -0.496 e. The number of anilines is 1. The van der Waals surface area contributed by atoms with Crippen LogP contribution in [0.4, 0.5) is 5.82 Å². The van der Waals surface area contributed by atoms with Gasteiger partial charge in [-0.25, -0.2) is 0 Å². The fraction of sp³-hybridized carbons (Fsp3) is 0.182. The molecule has 1 heterocycles. The van der Waals surface area contributed by atoms with E-state index >= 15 is 0 Å². The number of ether oxygens (including phenoxy) is 1. The highest BCUT2D eigenvalue weighted by atomic mass is 35.5. The third kappa shape index (κ3) is 1.84. The predicted octanol–water partition coefficient (Wildman–Crippen LogP) is 2.89. The summed E-state index contributed by atoms with van der Waals surface area (Å²) in [4.78, 5) is 0. The highest BCUT2D eigenvalue weighted by Crippen LogP contribution is 2.35. The summed E-state index contributed by atoms with van der Waals surface area (Å²) in [6.45, 7) is 1.91. The van der Waals surface area contributed by atoms with E-state index in [1.807, 2.05) is 13.0 Å². The van der Waals surface area contributed by atoms with Crippen LogP contribution in [0.5, 0.6) is 5.75 Å².